The van der Waals surface area contributed by atoms with Gasteiger partial charge in [0, 0.05) is 12.6 Å². The molecule has 2 aliphatic rings. The molecule has 2 fully saturated rings. The van der Waals surface area contributed by atoms with Crippen molar-refractivity contribution < 1.29 is 18.8 Å². The van der Waals surface area contributed by atoms with E-state index < -0.39 is 6.04 Å². The molecule has 2 aromatic rings. The fourth-order valence-corrected chi connectivity index (χ4v) is 3.84. The van der Waals surface area contributed by atoms with Crippen molar-refractivity contribution in [3.05, 3.63) is 71.5 Å². The van der Waals surface area contributed by atoms with Crippen LogP contribution in [0.1, 0.15) is 23.6 Å². The molecule has 2 saturated heterocycles. The normalized spacial score (nSPS) is 21.9. The van der Waals surface area contributed by atoms with E-state index in [0.717, 1.165) is 11.1 Å². The van der Waals surface area contributed by atoms with Gasteiger partial charge in [-0.25, -0.2) is 15.2 Å². The van der Waals surface area contributed by atoms with Gasteiger partial charge in [0.05, 0.1) is 0 Å². The van der Waals surface area contributed by atoms with E-state index in [2.05, 4.69) is 10.9 Å². The first-order valence-electron chi connectivity index (χ1n) is 9.93. The molecule has 3 amide bonds. The quantitative estimate of drug-likeness (QED) is 0.724. The summed E-state index contributed by atoms with van der Waals surface area (Å²) in [5, 5.41) is 0. The third-order valence-electron chi connectivity index (χ3n) is 5.51. The first-order valence-corrected chi connectivity index (χ1v) is 9.93. The van der Waals surface area contributed by atoms with Crippen molar-refractivity contribution in [1.82, 2.24) is 20.7 Å². The van der Waals surface area contributed by atoms with Crippen molar-refractivity contribution in [2.75, 3.05) is 19.6 Å². The third-order valence-corrected chi connectivity index (χ3v) is 5.51. The molecule has 8 heteroatoms. The van der Waals surface area contributed by atoms with Crippen LogP contribution in [0.3, 0.4) is 0 Å². The predicted molar refractivity (Wildman–Crippen MR) is 107 cm³/mol. The highest BCUT2D eigenvalue weighted by atomic mass is 19.1. The molecule has 7 nitrogen and oxygen atoms in total. The molecule has 0 aromatic heterocycles. The van der Waals surface area contributed by atoms with E-state index in [-0.39, 0.29) is 42.7 Å². The fourth-order valence-electron chi connectivity index (χ4n) is 3.84. The van der Waals surface area contributed by atoms with Crippen molar-refractivity contribution in [3.63, 3.8) is 0 Å². The predicted octanol–water partition coefficient (Wildman–Crippen LogP) is 1.17. The number of carbonyl (C=O) groups excluding carboxylic acids is 3. The van der Waals surface area contributed by atoms with Crippen molar-refractivity contribution >= 4 is 17.7 Å². The summed E-state index contributed by atoms with van der Waals surface area (Å²) in [6, 6.07) is 15.0. The van der Waals surface area contributed by atoms with Gasteiger partial charge in [0.1, 0.15) is 24.9 Å². The van der Waals surface area contributed by atoms with E-state index in [0.29, 0.717) is 19.4 Å². The third kappa shape index (κ3) is 4.39. The molecule has 30 heavy (non-hydrogen) atoms. The minimum absolute atomic E-state index is 0.112. The Morgan fingerprint density at radius 3 is 2.30 bits per heavy atom. The van der Waals surface area contributed by atoms with Gasteiger partial charge in [-0.3, -0.25) is 19.3 Å². The topological polar surface area (TPSA) is 81.8 Å². The van der Waals surface area contributed by atoms with Gasteiger partial charge in [0.15, 0.2) is 0 Å². The number of carbonyl (C=O) groups is 3. The van der Waals surface area contributed by atoms with E-state index in [4.69, 9.17) is 0 Å². The van der Waals surface area contributed by atoms with Crippen LogP contribution < -0.4 is 10.9 Å². The molecule has 0 bridgehead atoms. The summed E-state index contributed by atoms with van der Waals surface area (Å²) < 4.78 is 13.1. The second-order valence-electron chi connectivity index (χ2n) is 7.55. The number of hydrogen-bond donors (Lipinski definition) is 2. The number of nitrogens with zero attached hydrogens (tertiary/aromatic N) is 2. The summed E-state index contributed by atoms with van der Waals surface area (Å²) in [6.45, 7) is 0.0805. The van der Waals surface area contributed by atoms with Crippen LogP contribution in [0.25, 0.3) is 0 Å². The highest BCUT2D eigenvalue weighted by molar-refractivity contribution is 6.03. The molecule has 4 rings (SSSR count). The standard InChI is InChI=1S/C22H23FN4O3/c23-17-8-6-16(7-9-17)18-12-19(25-24-18)22(30)26-13-20(28)27(21(29)14-26)11-10-15-4-2-1-3-5-15/h1-9,18-19,24-25H,10-14H2. The van der Waals surface area contributed by atoms with Crippen LogP contribution in [0.5, 0.6) is 0 Å². The largest absolute Gasteiger partial charge is 0.323 e. The van der Waals surface area contributed by atoms with Gasteiger partial charge in [-0.2, -0.15) is 0 Å². The molecule has 156 valence electrons. The number of imide groups is 1. The lowest BCUT2D eigenvalue weighted by Gasteiger charge is -2.33. The van der Waals surface area contributed by atoms with Gasteiger partial charge in [-0.15, -0.1) is 0 Å². The average molecular weight is 410 g/mol. The van der Waals surface area contributed by atoms with Gasteiger partial charge in [-0.05, 0) is 36.1 Å². The fraction of sp³-hybridized carbons (Fsp3) is 0.318. The molecular weight excluding hydrogens is 387 g/mol. The molecule has 2 atom stereocenters. The Labute approximate surface area is 173 Å². The summed E-state index contributed by atoms with van der Waals surface area (Å²) in [5.41, 5.74) is 7.87. The van der Waals surface area contributed by atoms with Crippen molar-refractivity contribution in [1.29, 1.82) is 0 Å². The van der Waals surface area contributed by atoms with Crippen LogP contribution in [-0.4, -0.2) is 53.2 Å². The van der Waals surface area contributed by atoms with Crippen molar-refractivity contribution in [2.24, 2.45) is 0 Å². The second kappa shape index (κ2) is 8.73. The van der Waals surface area contributed by atoms with Crippen molar-refractivity contribution in [3.8, 4) is 0 Å². The van der Waals surface area contributed by atoms with Gasteiger partial charge in [0.25, 0.3) is 0 Å². The van der Waals surface area contributed by atoms with Crippen LogP contribution in [0.4, 0.5) is 4.39 Å². The van der Waals surface area contributed by atoms with Crippen LogP contribution in [0.15, 0.2) is 54.6 Å². The van der Waals surface area contributed by atoms with E-state index in [1.807, 2.05) is 30.3 Å². The Morgan fingerprint density at radius 1 is 0.967 bits per heavy atom. The summed E-state index contributed by atoms with van der Waals surface area (Å²) in [6.07, 6.45) is 1.03. The number of hydrazine groups is 1. The lowest BCUT2D eigenvalue weighted by Crippen LogP contribution is -2.58. The second-order valence-corrected chi connectivity index (χ2v) is 7.55. The maximum absolute atomic E-state index is 13.1. The van der Waals surface area contributed by atoms with Gasteiger partial charge >= 0.3 is 0 Å². The molecule has 2 heterocycles. The molecule has 2 aromatic carbocycles. The molecule has 0 radical (unpaired) electrons. The van der Waals surface area contributed by atoms with E-state index >= 15 is 0 Å². The maximum Gasteiger partial charge on any atom is 0.248 e. The van der Waals surface area contributed by atoms with E-state index in [9.17, 15) is 18.8 Å². The molecule has 0 spiro atoms. The lowest BCUT2D eigenvalue weighted by atomic mass is 10.0. The van der Waals surface area contributed by atoms with Crippen LogP contribution in [0.2, 0.25) is 0 Å². The minimum atomic E-state index is -0.559. The SMILES string of the molecule is O=C(C1CC(c2ccc(F)cc2)NN1)N1CC(=O)N(CCc2ccccc2)C(=O)C1. The number of piperazine rings is 1. The average Bonchev–Trinajstić information content (AvgIpc) is 3.24. The number of hydrogen-bond acceptors (Lipinski definition) is 5. The lowest BCUT2D eigenvalue weighted by molar-refractivity contribution is -0.157. The molecule has 2 aliphatic heterocycles. The highest BCUT2D eigenvalue weighted by Gasteiger charge is 2.38. The monoisotopic (exact) mass is 410 g/mol. The summed E-state index contributed by atoms with van der Waals surface area (Å²) in [7, 11) is 0. The first kappa shape index (κ1) is 20.2. The zero-order valence-corrected chi connectivity index (χ0v) is 16.4. The van der Waals surface area contributed by atoms with E-state index in [1.165, 1.54) is 21.9 Å². The molecule has 0 saturated carbocycles. The smallest absolute Gasteiger partial charge is 0.248 e. The van der Waals surface area contributed by atoms with Crippen molar-refractivity contribution in [2.45, 2.75) is 24.9 Å². The number of rotatable bonds is 5. The summed E-state index contributed by atoms with van der Waals surface area (Å²) in [5.74, 6) is -1.34. The highest BCUT2D eigenvalue weighted by Crippen LogP contribution is 2.24. The number of amides is 3. The zero-order chi connectivity index (χ0) is 21.1. The zero-order valence-electron chi connectivity index (χ0n) is 16.4. The Bertz CT molecular complexity index is 917. The number of nitrogens with one attached hydrogen (secondary N) is 2. The van der Waals surface area contributed by atoms with Gasteiger partial charge in [0.2, 0.25) is 17.7 Å². The summed E-state index contributed by atoms with van der Waals surface area (Å²) in [4.78, 5) is 40.4. The Balaban J connectivity index is 1.33. The van der Waals surface area contributed by atoms with Crippen LogP contribution in [-0.2, 0) is 20.8 Å². The molecule has 2 N–H and O–H groups in total. The van der Waals surface area contributed by atoms with Gasteiger partial charge in [-0.1, -0.05) is 42.5 Å². The Kier molecular flexibility index (Phi) is 5.87. The Morgan fingerprint density at radius 2 is 1.63 bits per heavy atom. The first-order chi connectivity index (χ1) is 14.5. The number of halogens is 1. The maximum atomic E-state index is 13.1. The van der Waals surface area contributed by atoms with Crippen LogP contribution >= 0.6 is 0 Å². The molecule has 2 unspecified atom stereocenters. The van der Waals surface area contributed by atoms with E-state index in [1.54, 1.807) is 12.1 Å². The molecule has 0 aliphatic carbocycles. The molecular formula is C22H23FN4O3. The Hall–Kier alpha value is -3.10. The summed E-state index contributed by atoms with van der Waals surface area (Å²) >= 11 is 0. The minimum Gasteiger partial charge on any atom is -0.323 e. The van der Waals surface area contributed by atoms with Crippen LogP contribution in [0, 0.1) is 5.82 Å². The number of benzene rings is 2. The van der Waals surface area contributed by atoms with Gasteiger partial charge < -0.3 is 4.90 Å².